The van der Waals surface area contributed by atoms with Crippen LogP contribution >= 0.6 is 0 Å². The summed E-state index contributed by atoms with van der Waals surface area (Å²) < 4.78 is 5.14. The molecule has 1 saturated heterocycles. The first kappa shape index (κ1) is 14.4. The Kier molecular flexibility index (Phi) is 3.94. The summed E-state index contributed by atoms with van der Waals surface area (Å²) in [4.78, 5) is 13.8. The first-order valence-electron chi connectivity index (χ1n) is 7.16. The van der Waals surface area contributed by atoms with Crippen LogP contribution < -0.4 is 15.4 Å². The highest BCUT2D eigenvalue weighted by molar-refractivity contribution is 6.06. The summed E-state index contributed by atoms with van der Waals surface area (Å²) in [6, 6.07) is 16.8. The number of carbonyl (C=O) groups excluding carboxylic acids is 1. The zero-order valence-corrected chi connectivity index (χ0v) is 12.3. The number of hydrogen-bond donors (Lipinski definition) is 1. The minimum atomic E-state index is -0.484. The third kappa shape index (κ3) is 2.61. The molecule has 4 nitrogen and oxygen atoms in total. The number of amides is 1. The molecule has 0 aliphatic carbocycles. The Hall–Kier alpha value is -2.59. The highest BCUT2D eigenvalue weighted by Gasteiger charge is 2.44. The van der Waals surface area contributed by atoms with Crippen LogP contribution in [0.5, 0.6) is 5.75 Å². The van der Waals surface area contributed by atoms with Crippen LogP contribution in [0.15, 0.2) is 60.7 Å². The molecule has 3 rings (SSSR count). The van der Waals surface area contributed by atoms with Gasteiger partial charge < -0.3 is 15.4 Å². The summed E-state index contributed by atoms with van der Waals surface area (Å²) in [6.07, 6.45) is 3.97. The zero-order chi connectivity index (χ0) is 15.5. The predicted molar refractivity (Wildman–Crippen MR) is 87.7 cm³/mol. The maximum atomic E-state index is 12.1. The van der Waals surface area contributed by atoms with Crippen molar-refractivity contribution in [1.29, 1.82) is 0 Å². The van der Waals surface area contributed by atoms with Gasteiger partial charge in [-0.15, -0.1) is 0 Å². The highest BCUT2D eigenvalue weighted by atomic mass is 16.5. The van der Waals surface area contributed by atoms with E-state index in [2.05, 4.69) is 0 Å². The van der Waals surface area contributed by atoms with E-state index in [0.29, 0.717) is 0 Å². The molecule has 112 valence electrons. The van der Waals surface area contributed by atoms with Gasteiger partial charge >= 0.3 is 0 Å². The van der Waals surface area contributed by atoms with Crippen molar-refractivity contribution < 1.29 is 9.53 Å². The molecule has 22 heavy (non-hydrogen) atoms. The van der Waals surface area contributed by atoms with Crippen LogP contribution in [-0.4, -0.2) is 25.1 Å². The Morgan fingerprint density at radius 1 is 1.09 bits per heavy atom. The molecular formula is C18H18N2O2. The van der Waals surface area contributed by atoms with Crippen LogP contribution in [-0.2, 0) is 4.79 Å². The highest BCUT2D eigenvalue weighted by Crippen LogP contribution is 2.29. The number of methoxy groups -OCH3 is 1. The number of ether oxygens (including phenoxy) is 1. The van der Waals surface area contributed by atoms with Crippen LogP contribution in [0, 0.1) is 0 Å². The number of anilines is 1. The molecule has 0 unspecified atom stereocenters. The Morgan fingerprint density at radius 3 is 2.41 bits per heavy atom. The Labute approximate surface area is 129 Å². The van der Waals surface area contributed by atoms with Gasteiger partial charge in [-0.25, -0.2) is 0 Å². The van der Waals surface area contributed by atoms with E-state index >= 15 is 0 Å². The standard InChI is InChI=1S/C18H18N2O2/c1-22-15-10-8-14(9-11-15)20-16(17(19)18(20)21)12-7-13-5-3-2-4-6-13/h2-12,16-17H,19H2,1H3/b12-7+/t16-,17+/m0/s1. The first-order valence-corrected chi connectivity index (χ1v) is 7.16. The van der Waals surface area contributed by atoms with Crippen LogP contribution in [0.2, 0.25) is 0 Å². The van der Waals surface area contributed by atoms with E-state index in [9.17, 15) is 4.79 Å². The molecule has 2 atom stereocenters. The van der Waals surface area contributed by atoms with Crippen molar-refractivity contribution in [1.82, 2.24) is 0 Å². The average molecular weight is 294 g/mol. The molecule has 1 fully saturated rings. The van der Waals surface area contributed by atoms with Gasteiger partial charge in [-0.2, -0.15) is 0 Å². The van der Waals surface area contributed by atoms with E-state index in [4.69, 9.17) is 10.5 Å². The number of rotatable bonds is 4. The molecule has 0 spiro atoms. The molecule has 2 aromatic rings. The molecule has 0 aromatic heterocycles. The second-order valence-corrected chi connectivity index (χ2v) is 5.19. The van der Waals surface area contributed by atoms with Crippen LogP contribution in [0.25, 0.3) is 6.08 Å². The lowest BCUT2D eigenvalue weighted by molar-refractivity contribution is -0.125. The zero-order valence-electron chi connectivity index (χ0n) is 12.3. The lowest BCUT2D eigenvalue weighted by Gasteiger charge is -2.43. The van der Waals surface area contributed by atoms with Crippen molar-refractivity contribution in [3.63, 3.8) is 0 Å². The van der Waals surface area contributed by atoms with Gasteiger partial charge in [-0.05, 0) is 29.8 Å². The van der Waals surface area contributed by atoms with Crippen molar-refractivity contribution in [3.05, 3.63) is 66.2 Å². The number of hydrogen-bond acceptors (Lipinski definition) is 3. The Morgan fingerprint density at radius 2 is 1.77 bits per heavy atom. The summed E-state index contributed by atoms with van der Waals surface area (Å²) in [7, 11) is 1.62. The van der Waals surface area contributed by atoms with E-state index in [1.54, 1.807) is 12.0 Å². The molecule has 0 bridgehead atoms. The number of β-lactam (4-membered cyclic amide) rings is 1. The second kappa shape index (κ2) is 6.03. The van der Waals surface area contributed by atoms with E-state index in [-0.39, 0.29) is 11.9 Å². The van der Waals surface area contributed by atoms with Gasteiger partial charge in [0.25, 0.3) is 0 Å². The minimum absolute atomic E-state index is 0.0621. The van der Waals surface area contributed by atoms with Gasteiger partial charge in [0.15, 0.2) is 0 Å². The SMILES string of the molecule is COc1ccc(N2C(=O)[C@H](N)[C@@H]2/C=C/c2ccccc2)cc1. The van der Waals surface area contributed by atoms with Crippen molar-refractivity contribution in [2.24, 2.45) is 5.73 Å². The van der Waals surface area contributed by atoms with Gasteiger partial charge in [0.2, 0.25) is 5.91 Å². The quantitative estimate of drug-likeness (QED) is 0.881. The normalized spacial score (nSPS) is 21.0. The summed E-state index contributed by atoms with van der Waals surface area (Å²) in [5, 5.41) is 0. The third-order valence-electron chi connectivity index (χ3n) is 3.82. The summed E-state index contributed by atoms with van der Waals surface area (Å²) in [5.74, 6) is 0.699. The summed E-state index contributed by atoms with van der Waals surface area (Å²) in [5.41, 5.74) is 7.86. The van der Waals surface area contributed by atoms with Crippen LogP contribution in [0.3, 0.4) is 0 Å². The molecular weight excluding hydrogens is 276 g/mol. The molecule has 0 saturated carbocycles. The molecule has 2 aromatic carbocycles. The lowest BCUT2D eigenvalue weighted by atomic mass is 9.93. The van der Waals surface area contributed by atoms with Crippen molar-refractivity contribution in [2.45, 2.75) is 12.1 Å². The molecule has 1 amide bonds. The number of nitrogens with two attached hydrogens (primary N) is 1. The largest absolute Gasteiger partial charge is 0.497 e. The Bertz CT molecular complexity index is 680. The summed E-state index contributed by atoms with van der Waals surface area (Å²) >= 11 is 0. The molecule has 2 N–H and O–H groups in total. The van der Waals surface area contributed by atoms with E-state index in [1.807, 2.05) is 66.7 Å². The van der Waals surface area contributed by atoms with Crippen molar-refractivity contribution in [3.8, 4) is 5.75 Å². The summed E-state index contributed by atoms with van der Waals surface area (Å²) in [6.45, 7) is 0. The Balaban J connectivity index is 1.80. The molecule has 1 aliphatic rings. The monoisotopic (exact) mass is 294 g/mol. The van der Waals surface area contributed by atoms with E-state index < -0.39 is 6.04 Å². The number of carbonyl (C=O) groups is 1. The van der Waals surface area contributed by atoms with Gasteiger partial charge in [0.1, 0.15) is 11.8 Å². The third-order valence-corrected chi connectivity index (χ3v) is 3.82. The van der Waals surface area contributed by atoms with Crippen molar-refractivity contribution >= 4 is 17.7 Å². The van der Waals surface area contributed by atoms with Crippen LogP contribution in [0.4, 0.5) is 5.69 Å². The maximum absolute atomic E-state index is 12.1. The fourth-order valence-corrected chi connectivity index (χ4v) is 2.55. The average Bonchev–Trinajstić information content (AvgIpc) is 2.59. The minimum Gasteiger partial charge on any atom is -0.497 e. The van der Waals surface area contributed by atoms with Gasteiger partial charge in [-0.1, -0.05) is 42.5 Å². The van der Waals surface area contributed by atoms with E-state index in [0.717, 1.165) is 17.0 Å². The molecule has 0 radical (unpaired) electrons. The predicted octanol–water partition coefficient (Wildman–Crippen LogP) is 2.45. The fraction of sp³-hybridized carbons (Fsp3) is 0.167. The molecule has 1 aliphatic heterocycles. The topological polar surface area (TPSA) is 55.6 Å². The fourth-order valence-electron chi connectivity index (χ4n) is 2.55. The van der Waals surface area contributed by atoms with Crippen molar-refractivity contribution in [2.75, 3.05) is 12.0 Å². The van der Waals surface area contributed by atoms with Gasteiger partial charge in [0, 0.05) is 5.69 Å². The number of benzene rings is 2. The lowest BCUT2D eigenvalue weighted by Crippen LogP contribution is -2.68. The van der Waals surface area contributed by atoms with Gasteiger partial charge in [-0.3, -0.25) is 4.79 Å². The molecule has 1 heterocycles. The molecule has 4 heteroatoms. The van der Waals surface area contributed by atoms with Gasteiger partial charge in [0.05, 0.1) is 13.2 Å². The smallest absolute Gasteiger partial charge is 0.247 e. The number of nitrogens with zero attached hydrogens (tertiary/aromatic N) is 1. The first-order chi connectivity index (χ1) is 10.7. The van der Waals surface area contributed by atoms with Crippen LogP contribution in [0.1, 0.15) is 5.56 Å². The second-order valence-electron chi connectivity index (χ2n) is 5.19. The van der Waals surface area contributed by atoms with E-state index in [1.165, 1.54) is 0 Å². The maximum Gasteiger partial charge on any atom is 0.247 e.